The van der Waals surface area contributed by atoms with E-state index in [4.69, 9.17) is 0 Å². The second-order valence-electron chi connectivity index (χ2n) is 11.7. The first-order chi connectivity index (χ1) is 12.8. The van der Waals surface area contributed by atoms with Crippen LogP contribution in [0.2, 0.25) is 0 Å². The molecule has 27 heavy (non-hydrogen) atoms. The topological polar surface area (TPSA) is 40.5 Å². The third-order valence-electron chi connectivity index (χ3n) is 10.7. The molecule has 2 N–H and O–H groups in total. The molecule has 4 aliphatic carbocycles. The second-order valence-corrected chi connectivity index (χ2v) is 11.7. The van der Waals surface area contributed by atoms with Crippen molar-refractivity contribution in [1.29, 1.82) is 0 Å². The van der Waals surface area contributed by atoms with Gasteiger partial charge in [0.25, 0.3) is 0 Å². The van der Waals surface area contributed by atoms with Gasteiger partial charge in [0.15, 0.2) is 0 Å². The van der Waals surface area contributed by atoms with Gasteiger partial charge in [-0.05, 0) is 96.7 Å². The summed E-state index contributed by atoms with van der Waals surface area (Å²) >= 11 is 0. The Kier molecular flexibility index (Phi) is 5.25. The van der Waals surface area contributed by atoms with Gasteiger partial charge in [-0.2, -0.15) is 0 Å². The Morgan fingerprint density at radius 3 is 2.30 bits per heavy atom. The lowest BCUT2D eigenvalue weighted by Gasteiger charge is -2.65. The second kappa shape index (κ2) is 7.01. The van der Waals surface area contributed by atoms with Crippen molar-refractivity contribution in [2.24, 2.45) is 58.2 Å². The van der Waals surface area contributed by atoms with Crippen LogP contribution in [-0.2, 0) is 0 Å². The smallest absolute Gasteiger partial charge is 0.0605 e. The Labute approximate surface area is 167 Å². The van der Waals surface area contributed by atoms with Crippen molar-refractivity contribution in [3.8, 4) is 0 Å². The van der Waals surface area contributed by atoms with Crippen LogP contribution in [0.1, 0.15) is 86.0 Å². The van der Waals surface area contributed by atoms with Gasteiger partial charge in [0.2, 0.25) is 0 Å². The molecule has 0 aliphatic heterocycles. The summed E-state index contributed by atoms with van der Waals surface area (Å²) in [4.78, 5) is 0. The number of hydrogen-bond donors (Lipinski definition) is 2. The molecule has 0 bridgehead atoms. The van der Waals surface area contributed by atoms with Gasteiger partial charge < -0.3 is 10.2 Å². The number of aliphatic hydroxyl groups excluding tert-OH is 2. The van der Waals surface area contributed by atoms with Gasteiger partial charge in [-0.3, -0.25) is 0 Å². The van der Waals surface area contributed by atoms with Crippen LogP contribution in [0.3, 0.4) is 0 Å². The first-order valence-corrected chi connectivity index (χ1v) is 12.1. The van der Waals surface area contributed by atoms with E-state index in [9.17, 15) is 10.2 Å². The highest BCUT2D eigenvalue weighted by atomic mass is 16.3. The van der Waals surface area contributed by atoms with E-state index in [1.54, 1.807) is 0 Å². The maximum absolute atomic E-state index is 11.7. The summed E-state index contributed by atoms with van der Waals surface area (Å²) in [6.45, 7) is 12.4. The number of fused-ring (bicyclic) bond motifs is 5. The summed E-state index contributed by atoms with van der Waals surface area (Å²) in [5, 5.41) is 21.5. The van der Waals surface area contributed by atoms with Gasteiger partial charge in [-0.15, -0.1) is 0 Å². The minimum Gasteiger partial charge on any atom is -0.396 e. The number of rotatable bonds is 3. The predicted molar refractivity (Wildman–Crippen MR) is 111 cm³/mol. The van der Waals surface area contributed by atoms with Crippen molar-refractivity contribution >= 4 is 0 Å². The maximum Gasteiger partial charge on any atom is 0.0605 e. The SMILES string of the molecule is CC[C@H]1[C@@H](O)[C@@H]2[C@H](CC[C@]3(C)[C@@H]([C@H](C)CO)CC[C@@H]23)[C@@]2(C)CC[C@@H](C)C[C@@H]12. The fraction of sp³-hybridized carbons (Fsp3) is 1.00. The Balaban J connectivity index is 1.69. The van der Waals surface area contributed by atoms with Crippen molar-refractivity contribution in [1.82, 2.24) is 0 Å². The number of aliphatic hydroxyl groups is 2. The Morgan fingerprint density at radius 1 is 0.963 bits per heavy atom. The molecule has 0 aromatic heterocycles. The molecule has 4 fully saturated rings. The van der Waals surface area contributed by atoms with E-state index < -0.39 is 0 Å². The molecule has 11 atom stereocenters. The minimum atomic E-state index is -0.101. The van der Waals surface area contributed by atoms with E-state index in [2.05, 4.69) is 34.6 Å². The standard InChI is InChI=1S/C25H44O2/c1-6-17-21-13-15(2)9-11-25(21,5)20-10-12-24(4)18(16(3)14-26)7-8-19(24)22(20)23(17)27/h15-23,26-27H,6-14H2,1-5H3/t15-,16-,17-,18-,19+,20+,21+,22+,23-,24-,25-/m1/s1. The summed E-state index contributed by atoms with van der Waals surface area (Å²) in [6, 6.07) is 0. The van der Waals surface area contributed by atoms with Crippen molar-refractivity contribution in [3.63, 3.8) is 0 Å². The van der Waals surface area contributed by atoms with Crippen LogP contribution in [0.25, 0.3) is 0 Å². The number of hydrogen-bond acceptors (Lipinski definition) is 2. The summed E-state index contributed by atoms with van der Waals surface area (Å²) in [5.74, 6) is 4.97. The van der Waals surface area contributed by atoms with Gasteiger partial charge in [0.1, 0.15) is 0 Å². The highest BCUT2D eigenvalue weighted by Gasteiger charge is 2.64. The van der Waals surface area contributed by atoms with Crippen molar-refractivity contribution < 1.29 is 10.2 Å². The first-order valence-electron chi connectivity index (χ1n) is 12.1. The third kappa shape index (κ3) is 2.79. The molecule has 2 heteroatoms. The van der Waals surface area contributed by atoms with Gasteiger partial charge in [0.05, 0.1) is 6.10 Å². The zero-order chi connectivity index (χ0) is 19.6. The van der Waals surface area contributed by atoms with Crippen molar-refractivity contribution in [3.05, 3.63) is 0 Å². The van der Waals surface area contributed by atoms with Crippen LogP contribution in [0.5, 0.6) is 0 Å². The Morgan fingerprint density at radius 2 is 1.63 bits per heavy atom. The molecule has 0 aromatic carbocycles. The molecule has 4 saturated carbocycles. The largest absolute Gasteiger partial charge is 0.396 e. The van der Waals surface area contributed by atoms with Crippen LogP contribution >= 0.6 is 0 Å². The predicted octanol–water partition coefficient (Wildman–Crippen LogP) is 5.52. The van der Waals surface area contributed by atoms with E-state index in [0.29, 0.717) is 52.9 Å². The van der Waals surface area contributed by atoms with Gasteiger partial charge in [0, 0.05) is 6.61 Å². The first kappa shape index (κ1) is 20.2. The van der Waals surface area contributed by atoms with Gasteiger partial charge in [-0.25, -0.2) is 0 Å². The van der Waals surface area contributed by atoms with Crippen LogP contribution in [-0.4, -0.2) is 22.9 Å². The summed E-state index contributed by atoms with van der Waals surface area (Å²) in [6.07, 6.45) is 10.3. The zero-order valence-electron chi connectivity index (χ0n) is 18.5. The van der Waals surface area contributed by atoms with E-state index in [1.807, 2.05) is 0 Å². The molecule has 0 amide bonds. The fourth-order valence-corrected chi connectivity index (χ4v) is 9.28. The molecule has 2 nitrogen and oxygen atoms in total. The van der Waals surface area contributed by atoms with E-state index in [1.165, 1.54) is 44.9 Å². The molecule has 0 heterocycles. The highest BCUT2D eigenvalue weighted by Crippen LogP contribution is 2.69. The van der Waals surface area contributed by atoms with E-state index >= 15 is 0 Å². The monoisotopic (exact) mass is 376 g/mol. The van der Waals surface area contributed by atoms with Crippen LogP contribution < -0.4 is 0 Å². The lowest BCUT2D eigenvalue weighted by Crippen LogP contribution is -2.61. The quantitative estimate of drug-likeness (QED) is 0.681. The normalized spacial score (nSPS) is 56.1. The molecular formula is C25H44O2. The van der Waals surface area contributed by atoms with Crippen LogP contribution in [0, 0.1) is 58.2 Å². The summed E-state index contributed by atoms with van der Waals surface area (Å²) in [5.41, 5.74) is 0.771. The average Bonchev–Trinajstić information content (AvgIpc) is 3.00. The van der Waals surface area contributed by atoms with Gasteiger partial charge in [-0.1, -0.05) is 47.5 Å². The lowest BCUT2D eigenvalue weighted by atomic mass is 9.41. The molecule has 0 unspecified atom stereocenters. The molecule has 0 aromatic rings. The Bertz CT molecular complexity index is 546. The average molecular weight is 377 g/mol. The lowest BCUT2D eigenvalue weighted by molar-refractivity contribution is -0.198. The third-order valence-corrected chi connectivity index (χ3v) is 10.7. The van der Waals surface area contributed by atoms with Crippen molar-refractivity contribution in [2.45, 2.75) is 92.1 Å². The zero-order valence-corrected chi connectivity index (χ0v) is 18.5. The molecule has 4 aliphatic rings. The van der Waals surface area contributed by atoms with Gasteiger partial charge >= 0.3 is 0 Å². The highest BCUT2D eigenvalue weighted by molar-refractivity contribution is 5.13. The summed E-state index contributed by atoms with van der Waals surface area (Å²) < 4.78 is 0. The fourth-order valence-electron chi connectivity index (χ4n) is 9.28. The van der Waals surface area contributed by atoms with Crippen molar-refractivity contribution in [2.75, 3.05) is 6.61 Å². The van der Waals surface area contributed by atoms with Crippen LogP contribution in [0.15, 0.2) is 0 Å². The Hall–Kier alpha value is -0.0800. The molecular weight excluding hydrogens is 332 g/mol. The minimum absolute atomic E-state index is 0.101. The van der Waals surface area contributed by atoms with E-state index in [-0.39, 0.29) is 6.10 Å². The molecule has 156 valence electrons. The maximum atomic E-state index is 11.7. The van der Waals surface area contributed by atoms with Crippen LogP contribution in [0.4, 0.5) is 0 Å². The molecule has 0 radical (unpaired) electrons. The summed E-state index contributed by atoms with van der Waals surface area (Å²) in [7, 11) is 0. The molecule has 0 saturated heterocycles. The molecule has 4 rings (SSSR count). The van der Waals surface area contributed by atoms with E-state index in [0.717, 1.165) is 18.3 Å². The molecule has 0 spiro atoms.